The highest BCUT2D eigenvalue weighted by atomic mass is 32.2. The first kappa shape index (κ1) is 15.7. The van der Waals surface area contributed by atoms with E-state index in [-0.39, 0.29) is 11.4 Å². The standard InChI is InChI=1S/C14H19N3O3S/c1-11(18)12-3-5-14(6-4-12)21(19,20)15-9-7-13-8-10-17(2)16-13/h3-6,8,10-11,15,18H,7,9H2,1-2H3. The fraction of sp³-hybridized carbons (Fsp3) is 0.357. The largest absolute Gasteiger partial charge is 0.389 e. The van der Waals surface area contributed by atoms with E-state index in [1.807, 2.05) is 19.3 Å². The van der Waals surface area contributed by atoms with E-state index >= 15 is 0 Å². The predicted octanol–water partition coefficient (Wildman–Crippen LogP) is 0.994. The molecule has 1 aromatic heterocycles. The van der Waals surface area contributed by atoms with Gasteiger partial charge in [0.25, 0.3) is 0 Å². The molecule has 1 aromatic carbocycles. The van der Waals surface area contributed by atoms with E-state index in [4.69, 9.17) is 0 Å². The molecule has 0 aliphatic carbocycles. The van der Waals surface area contributed by atoms with E-state index in [9.17, 15) is 13.5 Å². The number of hydrogen-bond donors (Lipinski definition) is 2. The molecule has 0 spiro atoms. The molecular formula is C14H19N3O3S. The first-order valence-corrected chi connectivity index (χ1v) is 8.13. The average molecular weight is 309 g/mol. The summed E-state index contributed by atoms with van der Waals surface area (Å²) in [6.07, 6.45) is 1.74. The number of aliphatic hydroxyl groups excluding tert-OH is 1. The molecule has 0 bridgehead atoms. The Hall–Kier alpha value is -1.70. The summed E-state index contributed by atoms with van der Waals surface area (Å²) < 4.78 is 28.4. The molecule has 1 atom stereocenters. The van der Waals surface area contributed by atoms with Crippen molar-refractivity contribution in [3.63, 3.8) is 0 Å². The minimum absolute atomic E-state index is 0.188. The summed E-state index contributed by atoms with van der Waals surface area (Å²) in [5.74, 6) is 0. The molecule has 0 saturated heterocycles. The lowest BCUT2D eigenvalue weighted by Gasteiger charge is -2.08. The molecule has 0 aliphatic heterocycles. The Morgan fingerprint density at radius 1 is 1.29 bits per heavy atom. The first-order valence-electron chi connectivity index (χ1n) is 6.65. The molecule has 0 radical (unpaired) electrons. The van der Waals surface area contributed by atoms with Crippen LogP contribution in [0.15, 0.2) is 41.4 Å². The molecular weight excluding hydrogens is 290 g/mol. The molecule has 0 saturated carbocycles. The van der Waals surface area contributed by atoms with Gasteiger partial charge in [0.05, 0.1) is 16.7 Å². The van der Waals surface area contributed by atoms with E-state index in [1.165, 1.54) is 12.1 Å². The Bertz CT molecular complexity index is 691. The second kappa shape index (κ2) is 6.38. The minimum Gasteiger partial charge on any atom is -0.389 e. The third-order valence-electron chi connectivity index (χ3n) is 3.11. The van der Waals surface area contributed by atoms with E-state index in [1.54, 1.807) is 23.7 Å². The van der Waals surface area contributed by atoms with Crippen LogP contribution in [0.1, 0.15) is 24.3 Å². The Kier molecular flexibility index (Phi) is 4.76. The monoisotopic (exact) mass is 309 g/mol. The number of nitrogens with zero attached hydrogens (tertiary/aromatic N) is 2. The van der Waals surface area contributed by atoms with Gasteiger partial charge in [0.15, 0.2) is 0 Å². The average Bonchev–Trinajstić information content (AvgIpc) is 2.84. The zero-order valence-electron chi connectivity index (χ0n) is 12.0. The van der Waals surface area contributed by atoms with Gasteiger partial charge in [-0.25, -0.2) is 13.1 Å². The van der Waals surface area contributed by atoms with Crippen molar-refractivity contribution in [3.8, 4) is 0 Å². The molecule has 114 valence electrons. The van der Waals surface area contributed by atoms with Crippen molar-refractivity contribution in [1.82, 2.24) is 14.5 Å². The van der Waals surface area contributed by atoms with E-state index in [0.29, 0.717) is 12.0 Å². The summed E-state index contributed by atoms with van der Waals surface area (Å²) in [7, 11) is -1.72. The van der Waals surface area contributed by atoms with Crippen molar-refractivity contribution in [1.29, 1.82) is 0 Å². The highest BCUT2D eigenvalue weighted by Gasteiger charge is 2.14. The Morgan fingerprint density at radius 3 is 2.48 bits per heavy atom. The first-order chi connectivity index (χ1) is 9.88. The van der Waals surface area contributed by atoms with Crippen molar-refractivity contribution >= 4 is 10.0 Å². The van der Waals surface area contributed by atoms with Gasteiger partial charge in [0.2, 0.25) is 10.0 Å². The molecule has 0 aliphatic rings. The lowest BCUT2D eigenvalue weighted by molar-refractivity contribution is 0.199. The maximum atomic E-state index is 12.1. The van der Waals surface area contributed by atoms with Gasteiger partial charge in [-0.1, -0.05) is 12.1 Å². The van der Waals surface area contributed by atoms with Crippen molar-refractivity contribution in [2.45, 2.75) is 24.3 Å². The minimum atomic E-state index is -3.53. The Balaban J connectivity index is 1.97. The van der Waals surface area contributed by atoms with Crippen LogP contribution in [0.2, 0.25) is 0 Å². The van der Waals surface area contributed by atoms with Gasteiger partial charge in [-0.3, -0.25) is 4.68 Å². The maximum absolute atomic E-state index is 12.1. The molecule has 7 heteroatoms. The van der Waals surface area contributed by atoms with Crippen LogP contribution in [0.4, 0.5) is 0 Å². The number of aliphatic hydroxyl groups is 1. The van der Waals surface area contributed by atoms with Crippen molar-refractivity contribution in [2.24, 2.45) is 7.05 Å². The maximum Gasteiger partial charge on any atom is 0.240 e. The van der Waals surface area contributed by atoms with Gasteiger partial charge in [0.1, 0.15) is 0 Å². The lowest BCUT2D eigenvalue weighted by atomic mass is 10.1. The number of aromatic nitrogens is 2. The molecule has 0 amide bonds. The van der Waals surface area contributed by atoms with Crippen LogP contribution in [0.5, 0.6) is 0 Å². The lowest BCUT2D eigenvalue weighted by Crippen LogP contribution is -2.26. The molecule has 2 N–H and O–H groups in total. The van der Waals surface area contributed by atoms with Gasteiger partial charge < -0.3 is 5.11 Å². The second-order valence-corrected chi connectivity index (χ2v) is 6.64. The van der Waals surface area contributed by atoms with Crippen LogP contribution in [0, 0.1) is 0 Å². The van der Waals surface area contributed by atoms with Gasteiger partial charge in [-0.05, 0) is 30.7 Å². The Morgan fingerprint density at radius 2 is 1.95 bits per heavy atom. The molecule has 1 unspecified atom stereocenters. The third kappa shape index (κ3) is 4.13. The van der Waals surface area contributed by atoms with Gasteiger partial charge in [-0.2, -0.15) is 5.10 Å². The summed E-state index contributed by atoms with van der Waals surface area (Å²) in [5.41, 5.74) is 1.52. The second-order valence-electron chi connectivity index (χ2n) is 4.87. The molecule has 2 rings (SSSR count). The molecule has 0 fully saturated rings. The van der Waals surface area contributed by atoms with E-state index < -0.39 is 16.1 Å². The third-order valence-corrected chi connectivity index (χ3v) is 4.59. The smallest absolute Gasteiger partial charge is 0.240 e. The summed E-state index contributed by atoms with van der Waals surface area (Å²) in [6, 6.07) is 8.05. The molecule has 21 heavy (non-hydrogen) atoms. The topological polar surface area (TPSA) is 84.2 Å². The van der Waals surface area contributed by atoms with E-state index in [0.717, 1.165) is 5.69 Å². The van der Waals surface area contributed by atoms with Crippen LogP contribution < -0.4 is 4.72 Å². The van der Waals surface area contributed by atoms with Crippen LogP contribution >= 0.6 is 0 Å². The number of nitrogens with one attached hydrogen (secondary N) is 1. The van der Waals surface area contributed by atoms with Crippen LogP contribution in [-0.4, -0.2) is 29.8 Å². The number of rotatable bonds is 6. The predicted molar refractivity (Wildman–Crippen MR) is 79.2 cm³/mol. The SMILES string of the molecule is CC(O)c1ccc(S(=O)(=O)NCCc2ccn(C)n2)cc1. The summed E-state index contributed by atoms with van der Waals surface area (Å²) in [6.45, 7) is 1.92. The zero-order chi connectivity index (χ0) is 15.5. The fourth-order valence-electron chi connectivity index (χ4n) is 1.92. The fourth-order valence-corrected chi connectivity index (χ4v) is 2.95. The summed E-state index contributed by atoms with van der Waals surface area (Å²) in [5, 5.41) is 13.6. The normalized spacial score (nSPS) is 13.3. The van der Waals surface area contributed by atoms with Crippen molar-refractivity contribution < 1.29 is 13.5 Å². The van der Waals surface area contributed by atoms with E-state index in [2.05, 4.69) is 9.82 Å². The van der Waals surface area contributed by atoms with Gasteiger partial charge >= 0.3 is 0 Å². The molecule has 1 heterocycles. The highest BCUT2D eigenvalue weighted by Crippen LogP contribution is 2.15. The zero-order valence-corrected chi connectivity index (χ0v) is 12.8. The Labute approximate surface area is 124 Å². The molecule has 2 aromatic rings. The van der Waals surface area contributed by atoms with Gasteiger partial charge in [0, 0.05) is 26.2 Å². The summed E-state index contributed by atoms with van der Waals surface area (Å²) >= 11 is 0. The summed E-state index contributed by atoms with van der Waals surface area (Å²) in [4.78, 5) is 0.188. The van der Waals surface area contributed by atoms with Crippen molar-refractivity contribution in [3.05, 3.63) is 47.8 Å². The number of benzene rings is 1. The van der Waals surface area contributed by atoms with Crippen LogP contribution in [0.3, 0.4) is 0 Å². The number of aryl methyl sites for hydroxylation is 1. The van der Waals surface area contributed by atoms with Crippen LogP contribution in [-0.2, 0) is 23.5 Å². The number of sulfonamides is 1. The molecule has 6 nitrogen and oxygen atoms in total. The van der Waals surface area contributed by atoms with Gasteiger partial charge in [-0.15, -0.1) is 0 Å². The number of hydrogen-bond acceptors (Lipinski definition) is 4. The quantitative estimate of drug-likeness (QED) is 0.833. The highest BCUT2D eigenvalue weighted by molar-refractivity contribution is 7.89. The van der Waals surface area contributed by atoms with Crippen LogP contribution in [0.25, 0.3) is 0 Å². The van der Waals surface area contributed by atoms with Crippen molar-refractivity contribution in [2.75, 3.05) is 6.54 Å².